The van der Waals surface area contributed by atoms with E-state index in [-0.39, 0.29) is 5.91 Å². The van der Waals surface area contributed by atoms with Crippen LogP contribution in [-0.4, -0.2) is 53.4 Å². The number of nitrogens with zero attached hydrogens (tertiary/aromatic N) is 2. The van der Waals surface area contributed by atoms with Crippen molar-refractivity contribution in [3.05, 3.63) is 34.1 Å². The Morgan fingerprint density at radius 2 is 2.00 bits per heavy atom. The summed E-state index contributed by atoms with van der Waals surface area (Å²) in [7, 11) is 0. The number of benzene rings is 1. The van der Waals surface area contributed by atoms with Gasteiger partial charge in [0.15, 0.2) is 0 Å². The Morgan fingerprint density at radius 1 is 1.35 bits per heavy atom. The molecule has 0 atom stereocenters. The molecule has 1 amide bonds. The molecule has 1 aromatic carbocycles. The molecular formula is C13H15BrFN3OS. The van der Waals surface area contributed by atoms with Crippen molar-refractivity contribution in [1.29, 1.82) is 0 Å². The molecule has 0 saturated carbocycles. The maximum Gasteiger partial charge on any atom is 0.255 e. The zero-order valence-corrected chi connectivity index (χ0v) is 13.2. The monoisotopic (exact) mass is 359 g/mol. The van der Waals surface area contributed by atoms with Gasteiger partial charge in [0.1, 0.15) is 5.82 Å². The Bertz CT molecular complexity index is 532. The van der Waals surface area contributed by atoms with Gasteiger partial charge < -0.3 is 10.6 Å². The Labute approximate surface area is 130 Å². The fourth-order valence-corrected chi connectivity index (χ4v) is 2.76. The topological polar surface area (TPSA) is 49.6 Å². The third kappa shape index (κ3) is 3.74. The number of thiocarbonyl (C=S) groups is 1. The summed E-state index contributed by atoms with van der Waals surface area (Å²) >= 11 is 8.16. The van der Waals surface area contributed by atoms with Gasteiger partial charge in [0.2, 0.25) is 0 Å². The fraction of sp³-hybridized carbons (Fsp3) is 0.385. The first kappa shape index (κ1) is 15.3. The van der Waals surface area contributed by atoms with Gasteiger partial charge in [0.25, 0.3) is 5.91 Å². The lowest BCUT2D eigenvalue weighted by Gasteiger charge is -2.34. The van der Waals surface area contributed by atoms with Crippen molar-refractivity contribution in [2.75, 3.05) is 32.7 Å². The predicted octanol–water partition coefficient (Wildman–Crippen LogP) is 1.63. The predicted molar refractivity (Wildman–Crippen MR) is 83.2 cm³/mol. The van der Waals surface area contributed by atoms with Crippen LogP contribution >= 0.6 is 28.1 Å². The maximum atomic E-state index is 13.3. The zero-order valence-electron chi connectivity index (χ0n) is 10.8. The van der Waals surface area contributed by atoms with Crippen molar-refractivity contribution in [3.8, 4) is 0 Å². The average molecular weight is 360 g/mol. The summed E-state index contributed by atoms with van der Waals surface area (Å²) in [4.78, 5) is 16.6. The lowest BCUT2D eigenvalue weighted by Crippen LogP contribution is -2.50. The number of rotatable bonds is 3. The molecule has 0 radical (unpaired) electrons. The summed E-state index contributed by atoms with van der Waals surface area (Å²) in [6.07, 6.45) is 0. The fourth-order valence-electron chi connectivity index (χ4n) is 2.16. The lowest BCUT2D eigenvalue weighted by molar-refractivity contribution is 0.0653. The summed E-state index contributed by atoms with van der Waals surface area (Å²) in [5.41, 5.74) is 5.86. The molecule has 108 valence electrons. The van der Waals surface area contributed by atoms with Crippen LogP contribution in [0, 0.1) is 5.82 Å². The van der Waals surface area contributed by atoms with Crippen LogP contribution < -0.4 is 5.73 Å². The van der Waals surface area contributed by atoms with Crippen LogP contribution in [0.4, 0.5) is 4.39 Å². The first-order chi connectivity index (χ1) is 9.47. The number of hydrogen-bond acceptors (Lipinski definition) is 3. The third-order valence-corrected chi connectivity index (χ3v) is 4.02. The molecule has 1 fully saturated rings. The number of piperazine rings is 1. The van der Waals surface area contributed by atoms with E-state index in [4.69, 9.17) is 18.0 Å². The van der Waals surface area contributed by atoms with E-state index in [1.807, 2.05) is 0 Å². The number of amides is 1. The highest BCUT2D eigenvalue weighted by Gasteiger charge is 2.23. The first-order valence-electron chi connectivity index (χ1n) is 6.22. The molecule has 0 unspecified atom stereocenters. The van der Waals surface area contributed by atoms with Gasteiger partial charge in [-0.05, 0) is 34.1 Å². The Hall–Kier alpha value is -1.05. The molecule has 1 aliphatic heterocycles. The molecular weight excluding hydrogens is 345 g/mol. The number of hydrogen-bond donors (Lipinski definition) is 1. The van der Waals surface area contributed by atoms with Crippen LogP contribution in [-0.2, 0) is 0 Å². The van der Waals surface area contributed by atoms with Crippen molar-refractivity contribution in [2.24, 2.45) is 5.73 Å². The van der Waals surface area contributed by atoms with Crippen molar-refractivity contribution >= 4 is 39.0 Å². The lowest BCUT2D eigenvalue weighted by atomic mass is 10.1. The molecule has 20 heavy (non-hydrogen) atoms. The van der Waals surface area contributed by atoms with Crippen molar-refractivity contribution in [1.82, 2.24) is 9.80 Å². The largest absolute Gasteiger partial charge is 0.392 e. The number of carbonyl (C=O) groups excluding carboxylic acids is 1. The van der Waals surface area contributed by atoms with Gasteiger partial charge in [-0.15, -0.1) is 0 Å². The van der Waals surface area contributed by atoms with E-state index < -0.39 is 5.82 Å². The van der Waals surface area contributed by atoms with Crippen LogP contribution in [0.1, 0.15) is 10.4 Å². The summed E-state index contributed by atoms with van der Waals surface area (Å²) in [5.74, 6) is -0.574. The molecule has 1 aliphatic rings. The second-order valence-corrected chi connectivity index (χ2v) is 6.04. The van der Waals surface area contributed by atoms with E-state index in [2.05, 4.69) is 20.8 Å². The Morgan fingerprint density at radius 3 is 2.60 bits per heavy atom. The Kier molecular flexibility index (Phi) is 5.06. The minimum Gasteiger partial charge on any atom is -0.392 e. The standard InChI is InChI=1S/C13H15BrFN3OS/c14-11-2-1-9(15)7-10(11)13(19)18-5-3-17(4-6-18)8-12(16)20/h1-2,7H,3-6,8H2,(H2,16,20). The molecule has 2 N–H and O–H groups in total. The van der Waals surface area contributed by atoms with E-state index in [0.29, 0.717) is 34.7 Å². The Balaban J connectivity index is 2.01. The van der Waals surface area contributed by atoms with E-state index in [9.17, 15) is 9.18 Å². The third-order valence-electron chi connectivity index (χ3n) is 3.20. The van der Waals surface area contributed by atoms with Crippen LogP contribution in [0.3, 0.4) is 0 Å². The molecule has 4 nitrogen and oxygen atoms in total. The van der Waals surface area contributed by atoms with Gasteiger partial charge in [-0.3, -0.25) is 9.69 Å². The quantitative estimate of drug-likeness (QED) is 0.833. The molecule has 0 aliphatic carbocycles. The minimum atomic E-state index is -0.413. The number of nitrogens with two attached hydrogens (primary N) is 1. The van der Waals surface area contributed by atoms with Crippen molar-refractivity contribution in [3.63, 3.8) is 0 Å². The van der Waals surface area contributed by atoms with Crippen LogP contribution in [0.2, 0.25) is 0 Å². The maximum absolute atomic E-state index is 13.3. The summed E-state index contributed by atoms with van der Waals surface area (Å²) in [5, 5.41) is 0. The molecule has 1 aromatic rings. The van der Waals surface area contributed by atoms with E-state index in [1.54, 1.807) is 11.0 Å². The molecule has 0 bridgehead atoms. The molecule has 1 saturated heterocycles. The highest BCUT2D eigenvalue weighted by atomic mass is 79.9. The van der Waals surface area contributed by atoms with Gasteiger partial charge in [-0.2, -0.15) is 0 Å². The van der Waals surface area contributed by atoms with Gasteiger partial charge in [-0.25, -0.2) is 4.39 Å². The van der Waals surface area contributed by atoms with E-state index in [1.165, 1.54) is 12.1 Å². The molecule has 2 rings (SSSR count). The summed E-state index contributed by atoms with van der Waals surface area (Å²) < 4.78 is 13.9. The zero-order chi connectivity index (χ0) is 14.7. The second-order valence-electron chi connectivity index (χ2n) is 4.66. The molecule has 0 spiro atoms. The normalized spacial score (nSPS) is 16.2. The summed E-state index contributed by atoms with van der Waals surface area (Å²) in [6.45, 7) is 3.18. The van der Waals surface area contributed by atoms with Crippen LogP contribution in [0.25, 0.3) is 0 Å². The highest BCUT2D eigenvalue weighted by Crippen LogP contribution is 2.20. The SMILES string of the molecule is NC(=S)CN1CCN(C(=O)c2cc(F)ccc2Br)CC1. The number of halogens is 2. The minimum absolute atomic E-state index is 0.161. The highest BCUT2D eigenvalue weighted by molar-refractivity contribution is 9.10. The second kappa shape index (κ2) is 6.60. The summed E-state index contributed by atoms with van der Waals surface area (Å²) in [6, 6.07) is 4.13. The smallest absolute Gasteiger partial charge is 0.255 e. The molecule has 7 heteroatoms. The van der Waals surface area contributed by atoms with Crippen LogP contribution in [0.15, 0.2) is 22.7 Å². The van der Waals surface area contributed by atoms with Gasteiger partial charge >= 0.3 is 0 Å². The average Bonchev–Trinajstić information content (AvgIpc) is 2.41. The van der Waals surface area contributed by atoms with Crippen LogP contribution in [0.5, 0.6) is 0 Å². The molecule has 1 heterocycles. The van der Waals surface area contributed by atoms with Crippen molar-refractivity contribution in [2.45, 2.75) is 0 Å². The first-order valence-corrected chi connectivity index (χ1v) is 7.42. The van der Waals surface area contributed by atoms with E-state index >= 15 is 0 Å². The van der Waals surface area contributed by atoms with E-state index in [0.717, 1.165) is 13.1 Å². The molecule has 0 aromatic heterocycles. The van der Waals surface area contributed by atoms with Gasteiger partial charge in [0.05, 0.1) is 10.6 Å². The van der Waals surface area contributed by atoms with Crippen molar-refractivity contribution < 1.29 is 9.18 Å². The van der Waals surface area contributed by atoms with Gasteiger partial charge in [0, 0.05) is 37.2 Å². The van der Waals surface area contributed by atoms with Gasteiger partial charge in [-0.1, -0.05) is 12.2 Å². The number of carbonyl (C=O) groups is 1.